The first-order valence-electron chi connectivity index (χ1n) is 5.67. The second-order valence-corrected chi connectivity index (χ2v) is 5.12. The van der Waals surface area contributed by atoms with Gasteiger partial charge in [-0.1, -0.05) is 24.3 Å². The number of nitriles is 1. The second kappa shape index (κ2) is 5.61. The first-order chi connectivity index (χ1) is 8.70. The Bertz CT molecular complexity index is 600. The summed E-state index contributed by atoms with van der Waals surface area (Å²) in [5.41, 5.74) is 9.71. The molecule has 0 saturated heterocycles. The third-order valence-corrected chi connectivity index (χ3v) is 3.82. The van der Waals surface area contributed by atoms with Crippen LogP contribution in [-0.2, 0) is 5.75 Å². The molecule has 3 heteroatoms. The van der Waals surface area contributed by atoms with E-state index in [4.69, 9.17) is 11.0 Å². The number of benzene rings is 2. The smallest absolute Gasteiger partial charge is 0.0994 e. The Morgan fingerprint density at radius 3 is 2.72 bits per heavy atom. The number of rotatable bonds is 3. The Kier molecular flexibility index (Phi) is 3.91. The Morgan fingerprint density at radius 2 is 2.00 bits per heavy atom. The number of hydrogen-bond donors (Lipinski definition) is 1. The summed E-state index contributed by atoms with van der Waals surface area (Å²) in [7, 11) is 0. The molecule has 0 aliphatic heterocycles. The van der Waals surface area contributed by atoms with Crippen LogP contribution < -0.4 is 5.73 Å². The third-order valence-electron chi connectivity index (χ3n) is 2.69. The predicted octanol–water partition coefficient (Wildman–Crippen LogP) is 3.74. The highest BCUT2D eigenvalue weighted by Gasteiger charge is 2.04. The van der Waals surface area contributed by atoms with Gasteiger partial charge in [-0.2, -0.15) is 5.26 Å². The quantitative estimate of drug-likeness (QED) is 0.670. The molecule has 0 unspecified atom stereocenters. The largest absolute Gasteiger partial charge is 0.398 e. The van der Waals surface area contributed by atoms with Gasteiger partial charge in [0.05, 0.1) is 11.6 Å². The van der Waals surface area contributed by atoms with E-state index in [0.29, 0.717) is 0 Å². The topological polar surface area (TPSA) is 49.8 Å². The van der Waals surface area contributed by atoms with Crippen molar-refractivity contribution in [2.24, 2.45) is 0 Å². The molecule has 0 bridgehead atoms. The van der Waals surface area contributed by atoms with E-state index in [2.05, 4.69) is 12.1 Å². The number of nitrogens with two attached hydrogens (primary N) is 1. The molecule has 0 heterocycles. The van der Waals surface area contributed by atoms with Gasteiger partial charge in [0.15, 0.2) is 0 Å². The van der Waals surface area contributed by atoms with Gasteiger partial charge in [-0.25, -0.2) is 0 Å². The van der Waals surface area contributed by atoms with Crippen molar-refractivity contribution in [3.8, 4) is 6.07 Å². The maximum atomic E-state index is 9.02. The highest BCUT2D eigenvalue weighted by molar-refractivity contribution is 7.98. The van der Waals surface area contributed by atoms with Crippen LogP contribution in [0.15, 0.2) is 47.4 Å². The van der Waals surface area contributed by atoms with Crippen molar-refractivity contribution >= 4 is 17.4 Å². The normalized spacial score (nSPS) is 10.0. The minimum Gasteiger partial charge on any atom is -0.398 e. The van der Waals surface area contributed by atoms with E-state index < -0.39 is 0 Å². The summed E-state index contributed by atoms with van der Waals surface area (Å²) in [4.78, 5) is 1.06. The summed E-state index contributed by atoms with van der Waals surface area (Å²) >= 11 is 1.66. The van der Waals surface area contributed by atoms with Gasteiger partial charge in [0.2, 0.25) is 0 Å². The van der Waals surface area contributed by atoms with Crippen LogP contribution in [0.3, 0.4) is 0 Å². The SMILES string of the molecule is Cc1ccc(SCc2ccccc2C#N)c(N)c1. The molecule has 0 aliphatic carbocycles. The van der Waals surface area contributed by atoms with Gasteiger partial charge in [-0.3, -0.25) is 0 Å². The lowest BCUT2D eigenvalue weighted by atomic mass is 10.1. The van der Waals surface area contributed by atoms with E-state index in [1.807, 2.05) is 43.3 Å². The zero-order valence-electron chi connectivity index (χ0n) is 10.2. The van der Waals surface area contributed by atoms with E-state index in [1.165, 1.54) is 0 Å². The molecule has 2 rings (SSSR count). The van der Waals surface area contributed by atoms with Crippen LogP contribution in [0.5, 0.6) is 0 Å². The second-order valence-electron chi connectivity index (χ2n) is 4.10. The highest BCUT2D eigenvalue weighted by Crippen LogP contribution is 2.29. The van der Waals surface area contributed by atoms with E-state index in [-0.39, 0.29) is 0 Å². The lowest BCUT2D eigenvalue weighted by Crippen LogP contribution is -1.91. The summed E-state index contributed by atoms with van der Waals surface area (Å²) < 4.78 is 0. The molecule has 2 nitrogen and oxygen atoms in total. The van der Waals surface area contributed by atoms with Crippen molar-refractivity contribution < 1.29 is 0 Å². The first-order valence-corrected chi connectivity index (χ1v) is 6.66. The summed E-state index contributed by atoms with van der Waals surface area (Å²) in [6.07, 6.45) is 0. The number of thioether (sulfide) groups is 1. The van der Waals surface area contributed by atoms with Gasteiger partial charge < -0.3 is 5.73 Å². The molecule has 0 radical (unpaired) electrons. The minimum atomic E-state index is 0.732. The van der Waals surface area contributed by atoms with Crippen LogP contribution in [0.4, 0.5) is 5.69 Å². The lowest BCUT2D eigenvalue weighted by Gasteiger charge is -2.07. The zero-order valence-corrected chi connectivity index (χ0v) is 11.0. The molecule has 0 spiro atoms. The summed E-state index contributed by atoms with van der Waals surface area (Å²) in [5.74, 6) is 0.761. The summed E-state index contributed by atoms with van der Waals surface area (Å²) in [5, 5.41) is 9.02. The Morgan fingerprint density at radius 1 is 1.22 bits per heavy atom. The molecular weight excluding hydrogens is 240 g/mol. The number of nitrogens with zero attached hydrogens (tertiary/aromatic N) is 1. The number of nitrogen functional groups attached to an aromatic ring is 1. The van der Waals surface area contributed by atoms with Gasteiger partial charge in [0.25, 0.3) is 0 Å². The Labute approximate surface area is 111 Å². The van der Waals surface area contributed by atoms with Crippen LogP contribution in [0, 0.1) is 18.3 Å². The average molecular weight is 254 g/mol. The van der Waals surface area contributed by atoms with Crippen LogP contribution in [0.25, 0.3) is 0 Å². The summed E-state index contributed by atoms with van der Waals surface area (Å²) in [6, 6.07) is 15.9. The zero-order chi connectivity index (χ0) is 13.0. The van der Waals surface area contributed by atoms with Gasteiger partial charge >= 0.3 is 0 Å². The molecule has 18 heavy (non-hydrogen) atoms. The van der Waals surface area contributed by atoms with Crippen LogP contribution in [0.1, 0.15) is 16.7 Å². The monoisotopic (exact) mass is 254 g/mol. The fourth-order valence-corrected chi connectivity index (χ4v) is 2.66. The van der Waals surface area contributed by atoms with Crippen molar-refractivity contribution in [2.45, 2.75) is 17.6 Å². The average Bonchev–Trinajstić information content (AvgIpc) is 2.38. The van der Waals surface area contributed by atoms with Crippen molar-refractivity contribution in [3.63, 3.8) is 0 Å². The number of hydrogen-bond acceptors (Lipinski definition) is 3. The standard InChI is InChI=1S/C15H14N2S/c1-11-6-7-15(14(17)8-11)18-10-13-5-3-2-4-12(13)9-16/h2-8H,10,17H2,1H3. The molecule has 0 amide bonds. The van der Waals surface area contributed by atoms with Gasteiger partial charge in [-0.15, -0.1) is 11.8 Å². The molecule has 2 aromatic rings. The molecule has 2 N–H and O–H groups in total. The van der Waals surface area contributed by atoms with E-state index >= 15 is 0 Å². The summed E-state index contributed by atoms with van der Waals surface area (Å²) in [6.45, 7) is 2.02. The van der Waals surface area contributed by atoms with Crippen LogP contribution >= 0.6 is 11.8 Å². The lowest BCUT2D eigenvalue weighted by molar-refractivity contribution is 1.33. The minimum absolute atomic E-state index is 0.732. The Balaban J connectivity index is 2.14. The molecule has 2 aromatic carbocycles. The van der Waals surface area contributed by atoms with Gasteiger partial charge in [0, 0.05) is 16.3 Å². The van der Waals surface area contributed by atoms with Gasteiger partial charge in [-0.05, 0) is 36.2 Å². The third kappa shape index (κ3) is 2.85. The maximum absolute atomic E-state index is 9.02. The fraction of sp³-hybridized carbons (Fsp3) is 0.133. The first kappa shape index (κ1) is 12.5. The maximum Gasteiger partial charge on any atom is 0.0994 e. The fourth-order valence-electron chi connectivity index (χ4n) is 1.71. The van der Waals surface area contributed by atoms with Crippen molar-refractivity contribution in [2.75, 3.05) is 5.73 Å². The van der Waals surface area contributed by atoms with Crippen molar-refractivity contribution in [1.29, 1.82) is 5.26 Å². The van der Waals surface area contributed by atoms with Gasteiger partial charge in [0.1, 0.15) is 0 Å². The van der Waals surface area contributed by atoms with E-state index in [1.54, 1.807) is 11.8 Å². The number of anilines is 1. The molecule has 0 atom stereocenters. The molecule has 0 fully saturated rings. The van der Waals surface area contributed by atoms with Crippen molar-refractivity contribution in [1.82, 2.24) is 0 Å². The van der Waals surface area contributed by atoms with Crippen molar-refractivity contribution in [3.05, 3.63) is 59.2 Å². The Hall–Kier alpha value is -1.92. The molecule has 0 aliphatic rings. The molecule has 0 saturated carbocycles. The number of aryl methyl sites for hydroxylation is 1. The van der Waals surface area contributed by atoms with Crippen LogP contribution in [-0.4, -0.2) is 0 Å². The van der Waals surface area contributed by atoms with Crippen LogP contribution in [0.2, 0.25) is 0 Å². The van der Waals surface area contributed by atoms with E-state index in [9.17, 15) is 0 Å². The predicted molar refractivity (Wildman–Crippen MR) is 76.3 cm³/mol. The molecule has 90 valence electrons. The molecular formula is C15H14N2S. The van der Waals surface area contributed by atoms with E-state index in [0.717, 1.165) is 33.0 Å². The highest BCUT2D eigenvalue weighted by atomic mass is 32.2. The molecule has 0 aromatic heterocycles.